The molecule has 2 aliphatic rings. The zero-order valence-electron chi connectivity index (χ0n) is 17.0. The van der Waals surface area contributed by atoms with E-state index < -0.39 is 35.6 Å². The molecule has 10 nitrogen and oxygen atoms in total. The highest BCUT2D eigenvalue weighted by Gasteiger charge is 2.28. The molecule has 34 heavy (non-hydrogen) atoms. The quantitative estimate of drug-likeness (QED) is 0.344. The van der Waals surface area contributed by atoms with Gasteiger partial charge in [-0.1, -0.05) is 0 Å². The molecule has 0 radical (unpaired) electrons. The second-order valence-electron chi connectivity index (χ2n) is 7.34. The summed E-state index contributed by atoms with van der Waals surface area (Å²) < 4.78 is 10.5. The van der Waals surface area contributed by atoms with E-state index in [1.807, 2.05) is 0 Å². The van der Waals surface area contributed by atoms with Crippen LogP contribution in [0.15, 0.2) is 60.7 Å². The highest BCUT2D eigenvalue weighted by Crippen LogP contribution is 2.24. The van der Waals surface area contributed by atoms with Crippen molar-refractivity contribution in [1.82, 2.24) is 10.6 Å². The maximum Gasteiger partial charge on any atom is 0.343 e. The van der Waals surface area contributed by atoms with E-state index >= 15 is 0 Å². The predicted molar refractivity (Wildman–Crippen MR) is 113 cm³/mol. The molecular weight excluding hydrogens is 444 g/mol. The minimum Gasteiger partial charge on any atom is -0.423 e. The lowest BCUT2D eigenvalue weighted by Crippen LogP contribution is -2.19. The van der Waals surface area contributed by atoms with Crippen LogP contribution in [0.2, 0.25) is 0 Å². The lowest BCUT2D eigenvalue weighted by atomic mass is 10.1. The van der Waals surface area contributed by atoms with E-state index in [9.17, 15) is 28.8 Å². The van der Waals surface area contributed by atoms with Gasteiger partial charge in [-0.25, -0.2) is 9.59 Å². The van der Waals surface area contributed by atoms with Crippen molar-refractivity contribution in [2.75, 3.05) is 0 Å². The molecule has 3 aromatic rings. The summed E-state index contributed by atoms with van der Waals surface area (Å²) in [5.74, 6) is -3.49. The molecule has 3 aromatic carbocycles. The van der Waals surface area contributed by atoms with E-state index in [4.69, 9.17) is 9.47 Å². The fourth-order valence-corrected chi connectivity index (χ4v) is 3.50. The summed E-state index contributed by atoms with van der Waals surface area (Å²) in [6.07, 6.45) is 0. The topological polar surface area (TPSA) is 145 Å². The van der Waals surface area contributed by atoms with E-state index in [0.29, 0.717) is 0 Å². The number of esters is 2. The van der Waals surface area contributed by atoms with Gasteiger partial charge in [0, 0.05) is 0 Å². The fraction of sp³-hybridized carbons (Fsp3) is 0. The van der Waals surface area contributed by atoms with Crippen LogP contribution in [0.5, 0.6) is 11.5 Å². The molecule has 0 unspecified atom stereocenters. The van der Waals surface area contributed by atoms with Crippen LogP contribution in [-0.2, 0) is 0 Å². The first kappa shape index (κ1) is 20.8. The molecule has 0 bridgehead atoms. The van der Waals surface area contributed by atoms with Crippen LogP contribution in [0.25, 0.3) is 0 Å². The Morgan fingerprint density at radius 3 is 1.24 bits per heavy atom. The molecule has 2 heterocycles. The largest absolute Gasteiger partial charge is 0.423 e. The second-order valence-corrected chi connectivity index (χ2v) is 7.34. The minimum atomic E-state index is -0.737. The highest BCUT2D eigenvalue weighted by molar-refractivity contribution is 6.22. The first-order valence-electron chi connectivity index (χ1n) is 9.84. The summed E-state index contributed by atoms with van der Waals surface area (Å²) in [6, 6.07) is 13.6. The van der Waals surface area contributed by atoms with E-state index in [1.54, 1.807) is 0 Å². The number of amides is 4. The molecule has 5 rings (SSSR count). The van der Waals surface area contributed by atoms with E-state index in [-0.39, 0.29) is 44.9 Å². The Labute approximate surface area is 190 Å². The number of nitrogens with one attached hydrogen (secondary N) is 2. The number of carbonyl (C=O) groups excluding carboxylic acids is 6. The minimum absolute atomic E-state index is 0.0798. The monoisotopic (exact) mass is 456 g/mol. The molecule has 10 heteroatoms. The SMILES string of the molecule is O=C(Oc1ccc2c(c1)C(=O)NC2=O)c1ccc(C(=O)Oc2ccc3c(c2)C(=O)NC3=O)cc1. The molecule has 4 amide bonds. The fourth-order valence-electron chi connectivity index (χ4n) is 3.50. The van der Waals surface area contributed by atoms with Gasteiger partial charge in [-0.05, 0) is 60.7 Å². The molecule has 0 fully saturated rings. The van der Waals surface area contributed by atoms with Gasteiger partial charge in [0.05, 0.1) is 33.4 Å². The molecule has 0 saturated carbocycles. The second kappa shape index (κ2) is 7.78. The zero-order chi connectivity index (χ0) is 24.0. The van der Waals surface area contributed by atoms with Crippen molar-refractivity contribution in [2.45, 2.75) is 0 Å². The van der Waals surface area contributed by atoms with Crippen LogP contribution >= 0.6 is 0 Å². The van der Waals surface area contributed by atoms with Crippen molar-refractivity contribution < 1.29 is 38.2 Å². The zero-order valence-corrected chi connectivity index (χ0v) is 17.0. The van der Waals surface area contributed by atoms with Gasteiger partial charge in [-0.2, -0.15) is 0 Å². The molecule has 0 aromatic heterocycles. The number of imide groups is 2. The normalized spacial score (nSPS) is 13.6. The first-order valence-corrected chi connectivity index (χ1v) is 9.84. The number of carbonyl (C=O) groups is 6. The van der Waals surface area contributed by atoms with Crippen molar-refractivity contribution in [3.8, 4) is 11.5 Å². The molecule has 0 spiro atoms. The van der Waals surface area contributed by atoms with Crippen LogP contribution in [0.1, 0.15) is 62.1 Å². The van der Waals surface area contributed by atoms with Crippen LogP contribution in [0.4, 0.5) is 0 Å². The number of ether oxygens (including phenoxy) is 2. The van der Waals surface area contributed by atoms with Gasteiger partial charge < -0.3 is 9.47 Å². The Morgan fingerprint density at radius 2 is 0.853 bits per heavy atom. The Balaban J connectivity index is 1.27. The first-order chi connectivity index (χ1) is 16.3. The van der Waals surface area contributed by atoms with Gasteiger partial charge >= 0.3 is 11.9 Å². The van der Waals surface area contributed by atoms with Crippen molar-refractivity contribution in [2.24, 2.45) is 0 Å². The smallest absolute Gasteiger partial charge is 0.343 e. The summed E-state index contributed by atoms with van der Waals surface area (Å²) >= 11 is 0. The average molecular weight is 456 g/mol. The van der Waals surface area contributed by atoms with Gasteiger partial charge in [0.1, 0.15) is 11.5 Å². The van der Waals surface area contributed by atoms with Crippen molar-refractivity contribution in [1.29, 1.82) is 0 Å². The number of hydrogen-bond acceptors (Lipinski definition) is 8. The summed E-state index contributed by atoms with van der Waals surface area (Å²) in [6.45, 7) is 0. The third kappa shape index (κ3) is 3.58. The van der Waals surface area contributed by atoms with Crippen LogP contribution in [0.3, 0.4) is 0 Å². The van der Waals surface area contributed by atoms with Gasteiger partial charge in [0.15, 0.2) is 0 Å². The maximum atomic E-state index is 12.4. The summed E-state index contributed by atoms with van der Waals surface area (Å²) in [5.41, 5.74) is 0.880. The van der Waals surface area contributed by atoms with E-state index in [1.165, 1.54) is 60.7 Å². The lowest BCUT2D eigenvalue weighted by molar-refractivity contribution is 0.0720. The van der Waals surface area contributed by atoms with Crippen molar-refractivity contribution >= 4 is 35.6 Å². The average Bonchev–Trinajstić information content (AvgIpc) is 3.27. The molecule has 2 N–H and O–H groups in total. The lowest BCUT2D eigenvalue weighted by Gasteiger charge is -2.07. The van der Waals surface area contributed by atoms with Gasteiger partial charge in [0.2, 0.25) is 0 Å². The molecular formula is C24H12N2O8. The molecule has 166 valence electrons. The Bertz CT molecular complexity index is 1350. The summed E-state index contributed by atoms with van der Waals surface area (Å²) in [5, 5.41) is 4.30. The van der Waals surface area contributed by atoms with Crippen LogP contribution in [-0.4, -0.2) is 35.6 Å². The van der Waals surface area contributed by atoms with Gasteiger partial charge in [-0.15, -0.1) is 0 Å². The number of rotatable bonds is 4. The summed E-state index contributed by atoms with van der Waals surface area (Å²) in [4.78, 5) is 71.6. The molecule has 2 aliphatic heterocycles. The summed E-state index contributed by atoms with van der Waals surface area (Å²) in [7, 11) is 0. The van der Waals surface area contributed by atoms with Gasteiger partial charge in [-0.3, -0.25) is 29.8 Å². The molecule has 0 atom stereocenters. The third-order valence-electron chi connectivity index (χ3n) is 5.19. The van der Waals surface area contributed by atoms with Crippen molar-refractivity contribution in [3.63, 3.8) is 0 Å². The van der Waals surface area contributed by atoms with Crippen LogP contribution in [0, 0.1) is 0 Å². The Morgan fingerprint density at radius 1 is 0.500 bits per heavy atom. The molecule has 0 aliphatic carbocycles. The van der Waals surface area contributed by atoms with E-state index in [0.717, 1.165) is 0 Å². The maximum absolute atomic E-state index is 12.4. The van der Waals surface area contributed by atoms with Gasteiger partial charge in [0.25, 0.3) is 23.6 Å². The Hall–Kier alpha value is -5.12. The predicted octanol–water partition coefficient (Wildman–Crippen LogP) is 1.89. The number of fused-ring (bicyclic) bond motifs is 2. The van der Waals surface area contributed by atoms with E-state index in [2.05, 4.69) is 10.6 Å². The number of benzene rings is 3. The Kier molecular flexibility index (Phi) is 4.75. The van der Waals surface area contributed by atoms with Crippen LogP contribution < -0.4 is 20.1 Å². The number of hydrogen-bond donors (Lipinski definition) is 2. The van der Waals surface area contributed by atoms with Crippen molar-refractivity contribution in [3.05, 3.63) is 94.0 Å². The molecule has 0 saturated heterocycles. The highest BCUT2D eigenvalue weighted by atomic mass is 16.5. The standard InChI is InChI=1S/C24H12N2O8/c27-19-15-7-5-13(9-17(15)21(29)25-19)33-23(31)11-1-2-12(4-3-11)24(32)34-14-6-8-16-18(10-14)22(30)26-20(16)28/h1-10H,(H,25,27,29)(H,26,28,30). The third-order valence-corrected chi connectivity index (χ3v) is 5.19.